The van der Waals surface area contributed by atoms with E-state index in [4.69, 9.17) is 5.11 Å². The third kappa shape index (κ3) is 2.64. The summed E-state index contributed by atoms with van der Waals surface area (Å²) < 4.78 is 26.3. The number of aryl methyl sites for hydroxylation is 1. The first-order valence-electron chi connectivity index (χ1n) is 5.04. The zero-order valence-electron chi connectivity index (χ0n) is 9.86. The highest BCUT2D eigenvalue weighted by Crippen LogP contribution is 2.15. The fourth-order valence-electron chi connectivity index (χ4n) is 1.18. The molecule has 1 N–H and O–H groups in total. The van der Waals surface area contributed by atoms with Crippen molar-refractivity contribution in [1.82, 2.24) is 14.1 Å². The topological polar surface area (TPSA) is 92.5 Å². The summed E-state index contributed by atoms with van der Waals surface area (Å²) >= 11 is 0. The van der Waals surface area contributed by atoms with E-state index in [1.54, 1.807) is 0 Å². The van der Waals surface area contributed by atoms with Gasteiger partial charge in [0.05, 0.1) is 6.20 Å². The predicted octanol–water partition coefficient (Wildman–Crippen LogP) is -0.00340. The molecule has 0 saturated heterocycles. The largest absolute Gasteiger partial charge is 0.480 e. The van der Waals surface area contributed by atoms with Crippen molar-refractivity contribution in [3.63, 3.8) is 0 Å². The number of aromatic nitrogens is 2. The Morgan fingerprint density at radius 3 is 2.65 bits per heavy atom. The maximum Gasteiger partial charge on any atom is 0.321 e. The van der Waals surface area contributed by atoms with Gasteiger partial charge in [-0.2, -0.15) is 9.40 Å². The average Bonchev–Trinajstić information content (AvgIpc) is 2.75. The molecule has 0 radical (unpaired) electrons. The van der Waals surface area contributed by atoms with E-state index in [9.17, 15) is 13.2 Å². The lowest BCUT2D eigenvalue weighted by Crippen LogP contribution is -2.40. The van der Waals surface area contributed by atoms with Gasteiger partial charge in [0.25, 0.3) is 0 Å². The molecule has 0 aromatic carbocycles. The van der Waals surface area contributed by atoms with Gasteiger partial charge in [0.2, 0.25) is 10.0 Å². The van der Waals surface area contributed by atoms with Crippen molar-refractivity contribution in [3.05, 3.63) is 12.4 Å². The van der Waals surface area contributed by atoms with Crippen LogP contribution in [0, 0.1) is 0 Å². The van der Waals surface area contributed by atoms with Crippen LogP contribution in [-0.4, -0.2) is 46.7 Å². The fourth-order valence-corrected chi connectivity index (χ4v) is 2.45. The summed E-state index contributed by atoms with van der Waals surface area (Å²) in [5.41, 5.74) is 0. The van der Waals surface area contributed by atoms with Gasteiger partial charge in [-0.05, 0) is 13.8 Å². The molecule has 1 aromatic rings. The molecule has 0 amide bonds. The minimum Gasteiger partial charge on any atom is -0.480 e. The van der Waals surface area contributed by atoms with Gasteiger partial charge >= 0.3 is 5.97 Å². The van der Waals surface area contributed by atoms with Gasteiger partial charge in [0.1, 0.15) is 10.9 Å². The van der Waals surface area contributed by atoms with E-state index < -0.39 is 22.0 Å². The number of nitrogens with zero attached hydrogens (tertiary/aromatic N) is 3. The first-order valence-corrected chi connectivity index (χ1v) is 6.48. The van der Waals surface area contributed by atoms with Crippen LogP contribution in [-0.2, 0) is 21.4 Å². The third-order valence-electron chi connectivity index (χ3n) is 2.51. The molecule has 96 valence electrons. The van der Waals surface area contributed by atoms with Gasteiger partial charge in [0.15, 0.2) is 0 Å². The smallest absolute Gasteiger partial charge is 0.321 e. The average molecular weight is 261 g/mol. The van der Waals surface area contributed by atoms with Crippen molar-refractivity contribution in [1.29, 1.82) is 0 Å². The summed E-state index contributed by atoms with van der Waals surface area (Å²) in [6.07, 6.45) is 2.59. The zero-order valence-corrected chi connectivity index (χ0v) is 10.7. The third-order valence-corrected chi connectivity index (χ3v) is 4.39. The monoisotopic (exact) mass is 261 g/mol. The lowest BCUT2D eigenvalue weighted by molar-refractivity contribution is -0.140. The lowest BCUT2D eigenvalue weighted by atomic mass is 10.4. The number of carboxylic acid groups (broad SMARTS) is 1. The Labute approximate surface area is 99.7 Å². The van der Waals surface area contributed by atoms with Crippen molar-refractivity contribution in [2.75, 3.05) is 7.05 Å². The summed E-state index contributed by atoms with van der Waals surface area (Å²) in [6, 6.07) is -1.12. The molecule has 1 unspecified atom stereocenters. The van der Waals surface area contributed by atoms with E-state index in [-0.39, 0.29) is 4.90 Å². The Bertz CT molecular complexity index is 508. The molecule has 1 aromatic heterocycles. The SMILES string of the molecule is CCn1cc(S(=O)(=O)N(C)C(C)C(=O)O)cn1. The van der Waals surface area contributed by atoms with Gasteiger partial charge in [-0.25, -0.2) is 8.42 Å². The van der Waals surface area contributed by atoms with Crippen LogP contribution in [0.15, 0.2) is 17.3 Å². The number of hydrogen-bond acceptors (Lipinski definition) is 4. The van der Waals surface area contributed by atoms with Crippen LogP contribution in [0.5, 0.6) is 0 Å². The van der Waals surface area contributed by atoms with Crippen molar-refractivity contribution in [2.24, 2.45) is 0 Å². The summed E-state index contributed by atoms with van der Waals surface area (Å²) in [4.78, 5) is 10.7. The quantitative estimate of drug-likeness (QED) is 0.805. The number of hydrogen-bond donors (Lipinski definition) is 1. The van der Waals surface area contributed by atoms with E-state index in [1.807, 2.05) is 6.92 Å². The van der Waals surface area contributed by atoms with Gasteiger partial charge in [-0.1, -0.05) is 0 Å². The molecule has 1 heterocycles. The van der Waals surface area contributed by atoms with Crippen LogP contribution in [0.2, 0.25) is 0 Å². The Hall–Kier alpha value is -1.41. The van der Waals surface area contributed by atoms with E-state index in [1.165, 1.54) is 31.0 Å². The highest BCUT2D eigenvalue weighted by molar-refractivity contribution is 7.89. The molecule has 0 spiro atoms. The second-order valence-corrected chi connectivity index (χ2v) is 5.56. The minimum atomic E-state index is -3.80. The Morgan fingerprint density at radius 1 is 1.65 bits per heavy atom. The first kappa shape index (κ1) is 13.7. The van der Waals surface area contributed by atoms with E-state index in [0.717, 1.165) is 4.31 Å². The number of rotatable bonds is 5. The van der Waals surface area contributed by atoms with Crippen molar-refractivity contribution < 1.29 is 18.3 Å². The van der Waals surface area contributed by atoms with E-state index in [0.29, 0.717) is 6.54 Å². The number of likely N-dealkylation sites (N-methyl/N-ethyl adjacent to an activating group) is 1. The first-order chi connectivity index (χ1) is 7.80. The van der Waals surface area contributed by atoms with Crippen LogP contribution >= 0.6 is 0 Å². The van der Waals surface area contributed by atoms with Gasteiger partial charge in [-0.15, -0.1) is 0 Å². The molecule has 17 heavy (non-hydrogen) atoms. The van der Waals surface area contributed by atoms with Crippen LogP contribution in [0.1, 0.15) is 13.8 Å². The normalized spacial score (nSPS) is 13.9. The summed E-state index contributed by atoms with van der Waals surface area (Å²) in [5.74, 6) is -1.20. The zero-order chi connectivity index (χ0) is 13.2. The Morgan fingerprint density at radius 2 is 2.24 bits per heavy atom. The molecule has 1 rings (SSSR count). The summed E-state index contributed by atoms with van der Waals surface area (Å²) in [6.45, 7) is 3.69. The Kier molecular flexibility index (Phi) is 3.89. The van der Waals surface area contributed by atoms with Crippen molar-refractivity contribution in [2.45, 2.75) is 31.3 Å². The minimum absolute atomic E-state index is 0.00468. The van der Waals surface area contributed by atoms with Crippen molar-refractivity contribution in [3.8, 4) is 0 Å². The second kappa shape index (κ2) is 4.84. The van der Waals surface area contributed by atoms with Crippen LogP contribution in [0.4, 0.5) is 0 Å². The Balaban J connectivity index is 3.06. The maximum absolute atomic E-state index is 12.0. The molecular formula is C9H15N3O4S. The standard InChI is InChI=1S/C9H15N3O4S/c1-4-12-6-8(5-10-12)17(15,16)11(3)7(2)9(13)14/h5-7H,4H2,1-3H3,(H,13,14). The number of aliphatic carboxylic acids is 1. The fraction of sp³-hybridized carbons (Fsp3) is 0.556. The number of sulfonamides is 1. The predicted molar refractivity (Wildman–Crippen MR) is 59.9 cm³/mol. The molecule has 8 heteroatoms. The molecule has 0 aliphatic rings. The van der Waals surface area contributed by atoms with Crippen LogP contribution in [0.25, 0.3) is 0 Å². The highest BCUT2D eigenvalue weighted by atomic mass is 32.2. The maximum atomic E-state index is 12.0. The lowest BCUT2D eigenvalue weighted by Gasteiger charge is -2.19. The molecule has 0 fully saturated rings. The number of carboxylic acids is 1. The molecule has 1 atom stereocenters. The molecule has 0 aliphatic carbocycles. The summed E-state index contributed by atoms with van der Waals surface area (Å²) in [7, 11) is -2.57. The van der Waals surface area contributed by atoms with Gasteiger partial charge in [-0.3, -0.25) is 9.48 Å². The van der Waals surface area contributed by atoms with E-state index >= 15 is 0 Å². The van der Waals surface area contributed by atoms with E-state index in [2.05, 4.69) is 5.10 Å². The number of carbonyl (C=O) groups is 1. The summed E-state index contributed by atoms with van der Waals surface area (Å²) in [5, 5.41) is 12.6. The van der Waals surface area contributed by atoms with Gasteiger partial charge < -0.3 is 5.11 Å². The molecule has 0 saturated carbocycles. The van der Waals surface area contributed by atoms with Crippen LogP contribution < -0.4 is 0 Å². The molecule has 0 bridgehead atoms. The highest BCUT2D eigenvalue weighted by Gasteiger charge is 2.30. The van der Waals surface area contributed by atoms with Crippen LogP contribution in [0.3, 0.4) is 0 Å². The second-order valence-electron chi connectivity index (χ2n) is 3.57. The van der Waals surface area contributed by atoms with Gasteiger partial charge in [0, 0.05) is 19.8 Å². The molecule has 0 aliphatic heterocycles. The molecule has 7 nitrogen and oxygen atoms in total. The van der Waals surface area contributed by atoms with Crippen molar-refractivity contribution >= 4 is 16.0 Å². The molecular weight excluding hydrogens is 246 g/mol.